The van der Waals surface area contributed by atoms with E-state index in [4.69, 9.17) is 13.9 Å². The van der Waals surface area contributed by atoms with Gasteiger partial charge in [0.1, 0.15) is 23.0 Å². The van der Waals surface area contributed by atoms with Gasteiger partial charge < -0.3 is 29.0 Å². The maximum Gasteiger partial charge on any atom is 0.258 e. The summed E-state index contributed by atoms with van der Waals surface area (Å²) in [5.74, 6) is 0.0998. The molecule has 0 saturated carbocycles. The number of carbonyl (C=O) groups is 2. The molecule has 1 unspecified atom stereocenters. The predicted octanol–water partition coefficient (Wildman–Crippen LogP) is 3.94. The Kier molecular flexibility index (Phi) is 8.89. The van der Waals surface area contributed by atoms with Gasteiger partial charge >= 0.3 is 0 Å². The standard InChI is InChI=1S/C29H40N4O5/c1-7-21-24(33(8-2)19-9-11-37-12-10-19)15-26-22(14-20(38-26)17-32(4)5)27(21)29(35)30-16-23-25(36-6)13-18(3)31-28(23)34/h13-15,19,23H,7-12,16-17H2,1-6H3,(H,30,35). The Morgan fingerprint density at radius 2 is 1.95 bits per heavy atom. The van der Waals surface area contributed by atoms with Crippen LogP contribution in [0.4, 0.5) is 5.69 Å². The van der Waals surface area contributed by atoms with Crippen molar-refractivity contribution in [3.63, 3.8) is 0 Å². The number of allylic oxidation sites excluding steroid dienone is 1. The molecule has 4 rings (SSSR count). The molecule has 0 radical (unpaired) electrons. The number of ether oxygens (including phenoxy) is 2. The molecule has 1 N–H and O–H groups in total. The van der Waals surface area contributed by atoms with Crippen LogP contribution in [0, 0.1) is 5.92 Å². The van der Waals surface area contributed by atoms with Crippen LogP contribution in [-0.4, -0.2) is 76.0 Å². The first-order chi connectivity index (χ1) is 18.3. The quantitative estimate of drug-likeness (QED) is 0.503. The summed E-state index contributed by atoms with van der Waals surface area (Å²) < 4.78 is 17.3. The second-order valence-electron chi connectivity index (χ2n) is 10.2. The van der Waals surface area contributed by atoms with Crippen LogP contribution in [0.15, 0.2) is 33.4 Å². The second-order valence-corrected chi connectivity index (χ2v) is 10.2. The summed E-state index contributed by atoms with van der Waals surface area (Å²) in [6, 6.07) is 4.40. The first kappa shape index (κ1) is 27.9. The fraction of sp³-hybridized carbons (Fsp3) is 0.552. The Labute approximate surface area is 224 Å². The number of rotatable bonds is 10. The van der Waals surface area contributed by atoms with Crippen LogP contribution < -0.4 is 10.2 Å². The van der Waals surface area contributed by atoms with E-state index in [2.05, 4.69) is 35.1 Å². The van der Waals surface area contributed by atoms with Gasteiger partial charge in [-0.3, -0.25) is 9.59 Å². The summed E-state index contributed by atoms with van der Waals surface area (Å²) in [7, 11) is 5.50. The zero-order valence-electron chi connectivity index (χ0n) is 23.4. The van der Waals surface area contributed by atoms with Gasteiger partial charge in [0.25, 0.3) is 11.8 Å². The first-order valence-electron chi connectivity index (χ1n) is 13.5. The number of methoxy groups -OCH3 is 1. The number of hydrogen-bond donors (Lipinski definition) is 1. The van der Waals surface area contributed by atoms with Crippen LogP contribution in [0.3, 0.4) is 0 Å². The number of aliphatic imine (C=N–C) groups is 1. The highest BCUT2D eigenvalue weighted by molar-refractivity contribution is 6.10. The van der Waals surface area contributed by atoms with Crippen molar-refractivity contribution in [2.24, 2.45) is 10.9 Å². The molecular formula is C29H40N4O5. The first-order valence-corrected chi connectivity index (χ1v) is 13.5. The van der Waals surface area contributed by atoms with E-state index in [9.17, 15) is 9.59 Å². The van der Waals surface area contributed by atoms with Crippen molar-refractivity contribution in [2.75, 3.05) is 52.4 Å². The Morgan fingerprint density at radius 3 is 2.58 bits per heavy atom. The summed E-state index contributed by atoms with van der Waals surface area (Å²) in [6.07, 6.45) is 4.30. The van der Waals surface area contributed by atoms with Crippen molar-refractivity contribution in [3.05, 3.63) is 40.9 Å². The highest BCUT2D eigenvalue weighted by Crippen LogP contribution is 2.37. The Balaban J connectivity index is 1.75. The van der Waals surface area contributed by atoms with E-state index in [0.717, 1.165) is 55.0 Å². The van der Waals surface area contributed by atoms with Gasteiger partial charge in [0.2, 0.25) is 0 Å². The number of amides is 2. The van der Waals surface area contributed by atoms with Gasteiger partial charge in [-0.1, -0.05) is 6.92 Å². The molecule has 9 heteroatoms. The van der Waals surface area contributed by atoms with Crippen LogP contribution in [0.25, 0.3) is 11.0 Å². The van der Waals surface area contributed by atoms with Gasteiger partial charge in [0.05, 0.1) is 19.2 Å². The number of carbonyl (C=O) groups excluding carboxylic acids is 2. The van der Waals surface area contributed by atoms with Crippen LogP contribution in [0.5, 0.6) is 0 Å². The highest BCUT2D eigenvalue weighted by atomic mass is 16.5. The highest BCUT2D eigenvalue weighted by Gasteiger charge is 2.31. The predicted molar refractivity (Wildman–Crippen MR) is 149 cm³/mol. The number of dihydropyridines is 1. The molecule has 3 heterocycles. The minimum atomic E-state index is -0.653. The lowest BCUT2D eigenvalue weighted by molar-refractivity contribution is -0.121. The maximum atomic E-state index is 13.9. The molecule has 2 aromatic rings. The summed E-state index contributed by atoms with van der Waals surface area (Å²) >= 11 is 0. The van der Waals surface area contributed by atoms with Gasteiger partial charge in [-0.15, -0.1) is 0 Å². The minimum absolute atomic E-state index is 0.100. The summed E-state index contributed by atoms with van der Waals surface area (Å²) in [4.78, 5) is 35.0. The molecule has 1 saturated heterocycles. The molecule has 1 aromatic heterocycles. The Hall–Kier alpha value is -3.17. The van der Waals surface area contributed by atoms with Crippen molar-refractivity contribution in [2.45, 2.75) is 52.6 Å². The van der Waals surface area contributed by atoms with Crippen molar-refractivity contribution in [3.8, 4) is 0 Å². The monoisotopic (exact) mass is 524 g/mol. The van der Waals surface area contributed by atoms with E-state index in [0.29, 0.717) is 41.6 Å². The van der Waals surface area contributed by atoms with Gasteiger partial charge in [0.15, 0.2) is 0 Å². The molecular weight excluding hydrogens is 484 g/mol. The molecule has 1 atom stereocenters. The zero-order chi connectivity index (χ0) is 27.4. The van der Waals surface area contributed by atoms with Gasteiger partial charge in [-0.25, -0.2) is 4.99 Å². The molecule has 206 valence electrons. The van der Waals surface area contributed by atoms with E-state index in [1.54, 1.807) is 13.0 Å². The third-order valence-corrected chi connectivity index (χ3v) is 7.28. The third-order valence-electron chi connectivity index (χ3n) is 7.28. The normalized spacial score (nSPS) is 18.5. The van der Waals surface area contributed by atoms with Crippen LogP contribution >= 0.6 is 0 Å². The number of hydrogen-bond acceptors (Lipinski definition) is 7. The van der Waals surface area contributed by atoms with Crippen molar-refractivity contribution >= 4 is 34.2 Å². The molecule has 2 aliphatic rings. The van der Waals surface area contributed by atoms with Gasteiger partial charge in [0, 0.05) is 55.2 Å². The number of nitrogens with one attached hydrogen (secondary N) is 1. The zero-order valence-corrected chi connectivity index (χ0v) is 23.4. The van der Waals surface area contributed by atoms with E-state index in [1.165, 1.54) is 7.11 Å². The van der Waals surface area contributed by atoms with E-state index in [-0.39, 0.29) is 18.4 Å². The Morgan fingerprint density at radius 1 is 1.21 bits per heavy atom. The molecule has 1 fully saturated rings. The molecule has 1 aromatic carbocycles. The van der Waals surface area contributed by atoms with E-state index >= 15 is 0 Å². The maximum absolute atomic E-state index is 13.9. The van der Waals surface area contributed by atoms with Crippen LogP contribution in [0.1, 0.15) is 55.3 Å². The van der Waals surface area contributed by atoms with E-state index < -0.39 is 5.92 Å². The summed E-state index contributed by atoms with van der Waals surface area (Å²) in [6.45, 7) is 8.98. The number of fused-ring (bicyclic) bond motifs is 1. The van der Waals surface area contributed by atoms with Gasteiger partial charge in [-0.2, -0.15) is 0 Å². The second kappa shape index (κ2) is 12.1. The number of benzene rings is 1. The number of furan rings is 1. The Bertz CT molecular complexity index is 1240. The molecule has 0 bridgehead atoms. The SMILES string of the molecule is CCc1c(N(CC)C2CCOCC2)cc2oc(CN(C)C)cc2c1C(=O)NCC1C(=O)N=C(C)C=C1OC. The lowest BCUT2D eigenvalue weighted by Gasteiger charge is -2.37. The average Bonchev–Trinajstić information content (AvgIpc) is 3.28. The average molecular weight is 525 g/mol. The van der Waals surface area contributed by atoms with Crippen LogP contribution in [-0.2, 0) is 27.2 Å². The molecule has 2 amide bonds. The molecule has 0 spiro atoms. The van der Waals surface area contributed by atoms with Crippen LogP contribution in [0.2, 0.25) is 0 Å². The number of anilines is 1. The minimum Gasteiger partial charge on any atom is -0.500 e. The smallest absolute Gasteiger partial charge is 0.258 e. The molecule has 38 heavy (non-hydrogen) atoms. The topological polar surface area (TPSA) is 96.6 Å². The third kappa shape index (κ3) is 5.78. The summed E-state index contributed by atoms with van der Waals surface area (Å²) in [5.41, 5.74) is 3.89. The van der Waals surface area contributed by atoms with E-state index in [1.807, 2.05) is 25.1 Å². The largest absolute Gasteiger partial charge is 0.500 e. The summed E-state index contributed by atoms with van der Waals surface area (Å²) in [5, 5.41) is 3.80. The lowest BCUT2D eigenvalue weighted by atomic mass is 9.95. The van der Waals surface area contributed by atoms with Crippen molar-refractivity contribution in [1.29, 1.82) is 0 Å². The molecule has 9 nitrogen and oxygen atoms in total. The lowest BCUT2D eigenvalue weighted by Crippen LogP contribution is -2.40. The van der Waals surface area contributed by atoms with Gasteiger partial charge in [-0.05, 0) is 64.9 Å². The molecule has 2 aliphatic heterocycles. The fourth-order valence-electron chi connectivity index (χ4n) is 5.53. The number of nitrogens with zero attached hydrogens (tertiary/aromatic N) is 3. The fourth-order valence-corrected chi connectivity index (χ4v) is 5.53. The molecule has 0 aliphatic carbocycles. The van der Waals surface area contributed by atoms with Crippen molar-refractivity contribution in [1.82, 2.24) is 10.2 Å². The van der Waals surface area contributed by atoms with Crippen molar-refractivity contribution < 1.29 is 23.5 Å².